The lowest BCUT2D eigenvalue weighted by atomic mass is 9.82. The number of nitrogens with one attached hydrogen (secondary N) is 2. The van der Waals surface area contributed by atoms with Crippen LogP contribution >= 0.6 is 0 Å². The van der Waals surface area contributed by atoms with Gasteiger partial charge in [-0.05, 0) is 37.6 Å². The third-order valence-corrected chi connectivity index (χ3v) is 3.62. The molecule has 1 rings (SSSR count). The molecule has 1 fully saturated rings. The molecule has 0 aromatic rings. The zero-order valence-electron chi connectivity index (χ0n) is 11.4. The molecule has 0 aromatic heterocycles. The van der Waals surface area contributed by atoms with Gasteiger partial charge in [0.25, 0.3) is 0 Å². The van der Waals surface area contributed by atoms with E-state index in [1.165, 1.54) is 25.7 Å². The molecule has 1 aliphatic carbocycles. The predicted molar refractivity (Wildman–Crippen MR) is 71.9 cm³/mol. The van der Waals surface area contributed by atoms with Gasteiger partial charge in [0.15, 0.2) is 0 Å². The van der Waals surface area contributed by atoms with Crippen molar-refractivity contribution >= 4 is 5.91 Å². The number of rotatable bonds is 7. The highest BCUT2D eigenvalue weighted by atomic mass is 16.1. The molecule has 17 heavy (non-hydrogen) atoms. The van der Waals surface area contributed by atoms with Gasteiger partial charge in [0, 0.05) is 6.54 Å². The summed E-state index contributed by atoms with van der Waals surface area (Å²) in [6.45, 7) is 6.77. The normalized spacial score (nSPS) is 24.6. The minimum atomic E-state index is 0.141. The fourth-order valence-corrected chi connectivity index (χ4v) is 2.60. The van der Waals surface area contributed by atoms with Crippen molar-refractivity contribution in [2.24, 2.45) is 11.8 Å². The lowest BCUT2D eigenvalue weighted by Crippen LogP contribution is -2.37. The highest BCUT2D eigenvalue weighted by Gasteiger charge is 2.18. The third-order valence-electron chi connectivity index (χ3n) is 3.62. The SMILES string of the molecule is CCCCNC(=O)CNCC1CCCC(C)C1. The lowest BCUT2D eigenvalue weighted by molar-refractivity contribution is -0.120. The van der Waals surface area contributed by atoms with Gasteiger partial charge in [0.1, 0.15) is 0 Å². The van der Waals surface area contributed by atoms with E-state index < -0.39 is 0 Å². The Morgan fingerprint density at radius 3 is 2.88 bits per heavy atom. The number of carbonyl (C=O) groups excluding carboxylic acids is 1. The quantitative estimate of drug-likeness (QED) is 0.671. The van der Waals surface area contributed by atoms with Crippen LogP contribution < -0.4 is 10.6 Å². The zero-order chi connectivity index (χ0) is 12.5. The van der Waals surface area contributed by atoms with Gasteiger partial charge in [-0.15, -0.1) is 0 Å². The Morgan fingerprint density at radius 1 is 1.35 bits per heavy atom. The Hall–Kier alpha value is -0.570. The van der Waals surface area contributed by atoms with Gasteiger partial charge in [0.05, 0.1) is 6.54 Å². The van der Waals surface area contributed by atoms with Gasteiger partial charge in [-0.1, -0.05) is 33.1 Å². The molecule has 3 nitrogen and oxygen atoms in total. The van der Waals surface area contributed by atoms with Crippen LogP contribution in [0.5, 0.6) is 0 Å². The first-order chi connectivity index (χ1) is 8.22. The first-order valence-corrected chi connectivity index (χ1v) is 7.19. The minimum absolute atomic E-state index is 0.141. The largest absolute Gasteiger partial charge is 0.355 e. The monoisotopic (exact) mass is 240 g/mol. The van der Waals surface area contributed by atoms with E-state index >= 15 is 0 Å². The van der Waals surface area contributed by atoms with Crippen molar-refractivity contribution in [1.29, 1.82) is 0 Å². The van der Waals surface area contributed by atoms with Crippen molar-refractivity contribution in [2.45, 2.75) is 52.4 Å². The highest BCUT2D eigenvalue weighted by Crippen LogP contribution is 2.27. The van der Waals surface area contributed by atoms with Crippen LogP contribution in [0.2, 0.25) is 0 Å². The molecule has 0 bridgehead atoms. The second-order valence-electron chi connectivity index (χ2n) is 5.47. The molecule has 2 atom stereocenters. The van der Waals surface area contributed by atoms with Crippen molar-refractivity contribution in [2.75, 3.05) is 19.6 Å². The Labute approximate surface area is 106 Å². The number of unbranched alkanes of at least 4 members (excludes halogenated alkanes) is 1. The predicted octanol–water partition coefficient (Wildman–Crippen LogP) is 2.32. The maximum atomic E-state index is 11.5. The second-order valence-corrected chi connectivity index (χ2v) is 5.47. The third kappa shape index (κ3) is 6.67. The number of hydrogen-bond donors (Lipinski definition) is 2. The standard InChI is InChI=1S/C14H28N2O/c1-3-4-8-16-14(17)11-15-10-13-7-5-6-12(2)9-13/h12-13,15H,3-11H2,1-2H3,(H,16,17). The van der Waals surface area contributed by atoms with Crippen LogP contribution in [0.1, 0.15) is 52.4 Å². The van der Waals surface area contributed by atoms with Crippen LogP contribution in [0.4, 0.5) is 0 Å². The highest BCUT2D eigenvalue weighted by molar-refractivity contribution is 5.77. The Balaban J connectivity index is 2.00. The molecule has 1 amide bonds. The molecule has 0 saturated heterocycles. The zero-order valence-corrected chi connectivity index (χ0v) is 11.4. The van der Waals surface area contributed by atoms with E-state index in [4.69, 9.17) is 0 Å². The molecule has 0 heterocycles. The molecule has 1 saturated carbocycles. The lowest BCUT2D eigenvalue weighted by Gasteiger charge is -2.26. The van der Waals surface area contributed by atoms with Gasteiger partial charge in [-0.2, -0.15) is 0 Å². The van der Waals surface area contributed by atoms with Crippen LogP contribution in [0.3, 0.4) is 0 Å². The number of amides is 1. The summed E-state index contributed by atoms with van der Waals surface area (Å²) >= 11 is 0. The van der Waals surface area contributed by atoms with E-state index in [1.807, 2.05) is 0 Å². The molecule has 2 N–H and O–H groups in total. The maximum Gasteiger partial charge on any atom is 0.233 e. The fourth-order valence-electron chi connectivity index (χ4n) is 2.60. The van der Waals surface area contributed by atoms with E-state index in [2.05, 4.69) is 24.5 Å². The Kier molecular flexibility index (Phi) is 7.25. The maximum absolute atomic E-state index is 11.5. The summed E-state index contributed by atoms with van der Waals surface area (Å²) in [5.74, 6) is 1.79. The smallest absolute Gasteiger partial charge is 0.233 e. The molecule has 1 aliphatic rings. The molecule has 0 aromatic carbocycles. The van der Waals surface area contributed by atoms with E-state index in [0.29, 0.717) is 6.54 Å². The van der Waals surface area contributed by atoms with Crippen LogP contribution in [-0.2, 0) is 4.79 Å². The average Bonchev–Trinajstić information content (AvgIpc) is 2.29. The van der Waals surface area contributed by atoms with Crippen molar-refractivity contribution in [1.82, 2.24) is 10.6 Å². The van der Waals surface area contributed by atoms with E-state index in [9.17, 15) is 4.79 Å². The van der Waals surface area contributed by atoms with Gasteiger partial charge in [0.2, 0.25) is 5.91 Å². The summed E-state index contributed by atoms with van der Waals surface area (Å²) in [6.07, 6.45) is 7.60. The summed E-state index contributed by atoms with van der Waals surface area (Å²) < 4.78 is 0. The molecule has 0 aliphatic heterocycles. The molecule has 100 valence electrons. The molecule has 2 unspecified atom stereocenters. The first kappa shape index (κ1) is 14.5. The second kappa shape index (κ2) is 8.51. The number of hydrogen-bond acceptors (Lipinski definition) is 2. The van der Waals surface area contributed by atoms with Crippen molar-refractivity contribution in [3.8, 4) is 0 Å². The Bertz CT molecular complexity index is 218. The van der Waals surface area contributed by atoms with E-state index in [1.54, 1.807) is 0 Å². The summed E-state index contributed by atoms with van der Waals surface area (Å²) in [5.41, 5.74) is 0. The molecule has 3 heteroatoms. The van der Waals surface area contributed by atoms with Gasteiger partial charge in [-0.3, -0.25) is 4.79 Å². The first-order valence-electron chi connectivity index (χ1n) is 7.19. The fraction of sp³-hybridized carbons (Fsp3) is 0.929. The van der Waals surface area contributed by atoms with Crippen LogP contribution in [0.25, 0.3) is 0 Å². The molecular weight excluding hydrogens is 212 g/mol. The molecular formula is C14H28N2O. The summed E-state index contributed by atoms with van der Waals surface area (Å²) in [4.78, 5) is 11.5. The average molecular weight is 240 g/mol. The van der Waals surface area contributed by atoms with Gasteiger partial charge in [-0.25, -0.2) is 0 Å². The summed E-state index contributed by atoms with van der Waals surface area (Å²) in [6, 6.07) is 0. The minimum Gasteiger partial charge on any atom is -0.355 e. The van der Waals surface area contributed by atoms with Gasteiger partial charge < -0.3 is 10.6 Å². The molecule has 0 radical (unpaired) electrons. The van der Waals surface area contributed by atoms with E-state index in [-0.39, 0.29) is 5.91 Å². The van der Waals surface area contributed by atoms with Crippen molar-refractivity contribution in [3.05, 3.63) is 0 Å². The molecule has 0 spiro atoms. The van der Waals surface area contributed by atoms with E-state index in [0.717, 1.165) is 37.8 Å². The van der Waals surface area contributed by atoms with Crippen molar-refractivity contribution < 1.29 is 4.79 Å². The van der Waals surface area contributed by atoms with Gasteiger partial charge >= 0.3 is 0 Å². The summed E-state index contributed by atoms with van der Waals surface area (Å²) in [7, 11) is 0. The van der Waals surface area contributed by atoms with Crippen LogP contribution in [0, 0.1) is 11.8 Å². The summed E-state index contributed by atoms with van der Waals surface area (Å²) in [5, 5.41) is 6.22. The van der Waals surface area contributed by atoms with Crippen LogP contribution in [0.15, 0.2) is 0 Å². The van der Waals surface area contributed by atoms with Crippen molar-refractivity contribution in [3.63, 3.8) is 0 Å². The van der Waals surface area contributed by atoms with Crippen LogP contribution in [-0.4, -0.2) is 25.5 Å². The Morgan fingerprint density at radius 2 is 2.18 bits per heavy atom. The number of carbonyl (C=O) groups is 1. The topological polar surface area (TPSA) is 41.1 Å².